The minimum Gasteiger partial charge on any atom is -0.312 e. The molecule has 1 atom stereocenters. The molecule has 2 aromatic heterocycles. The number of nitrogens with zero attached hydrogens (tertiary/aromatic N) is 3. The number of rotatable bonds is 3. The SMILES string of the molecule is CCCn1c(C2CCCS2(=O)=O)nc2cccnc21. The van der Waals surface area contributed by atoms with Crippen molar-refractivity contribution >= 4 is 21.0 Å². The third-order valence-corrected chi connectivity index (χ3v) is 5.77. The Morgan fingerprint density at radius 2 is 2.32 bits per heavy atom. The lowest BCUT2D eigenvalue weighted by Crippen LogP contribution is -2.14. The fourth-order valence-corrected chi connectivity index (χ4v) is 4.63. The van der Waals surface area contributed by atoms with Crippen molar-refractivity contribution in [2.75, 3.05) is 5.75 Å². The van der Waals surface area contributed by atoms with E-state index in [4.69, 9.17) is 0 Å². The Morgan fingerprint density at radius 1 is 1.47 bits per heavy atom. The van der Waals surface area contributed by atoms with Crippen LogP contribution in [0, 0.1) is 0 Å². The molecule has 5 nitrogen and oxygen atoms in total. The fraction of sp³-hybridized carbons (Fsp3) is 0.538. The zero-order valence-electron chi connectivity index (χ0n) is 10.9. The molecule has 0 saturated carbocycles. The second-order valence-electron chi connectivity index (χ2n) is 4.97. The van der Waals surface area contributed by atoms with Gasteiger partial charge in [0.1, 0.15) is 16.6 Å². The summed E-state index contributed by atoms with van der Waals surface area (Å²) < 4.78 is 26.2. The van der Waals surface area contributed by atoms with E-state index < -0.39 is 15.1 Å². The lowest BCUT2D eigenvalue weighted by Gasteiger charge is -2.12. The van der Waals surface area contributed by atoms with Crippen LogP contribution in [0.3, 0.4) is 0 Å². The molecule has 0 spiro atoms. The molecule has 0 aliphatic carbocycles. The van der Waals surface area contributed by atoms with E-state index in [0.717, 1.165) is 30.6 Å². The Bertz CT molecular complexity index is 706. The average molecular weight is 279 g/mol. The van der Waals surface area contributed by atoms with Crippen molar-refractivity contribution in [3.8, 4) is 0 Å². The minimum atomic E-state index is -3.04. The van der Waals surface area contributed by atoms with E-state index >= 15 is 0 Å². The van der Waals surface area contributed by atoms with Crippen LogP contribution in [-0.2, 0) is 16.4 Å². The predicted octanol–water partition coefficient (Wildman–Crippen LogP) is 2.09. The lowest BCUT2D eigenvalue weighted by atomic mass is 10.2. The van der Waals surface area contributed by atoms with Gasteiger partial charge in [-0.05, 0) is 31.4 Å². The van der Waals surface area contributed by atoms with Crippen LogP contribution in [-0.4, -0.2) is 28.7 Å². The number of sulfone groups is 1. The highest BCUT2D eigenvalue weighted by molar-refractivity contribution is 7.91. The molecule has 0 amide bonds. The number of aryl methyl sites for hydroxylation is 1. The molecule has 1 unspecified atom stereocenters. The molecule has 0 N–H and O–H groups in total. The molecule has 1 aliphatic heterocycles. The molecule has 0 aromatic carbocycles. The van der Waals surface area contributed by atoms with Gasteiger partial charge in [0, 0.05) is 12.7 Å². The van der Waals surface area contributed by atoms with Gasteiger partial charge in [-0.3, -0.25) is 0 Å². The summed E-state index contributed by atoms with van der Waals surface area (Å²) in [6.07, 6.45) is 4.07. The molecule has 2 aromatic rings. The largest absolute Gasteiger partial charge is 0.312 e. The molecule has 102 valence electrons. The van der Waals surface area contributed by atoms with Gasteiger partial charge in [0.05, 0.1) is 5.75 Å². The maximum atomic E-state index is 12.1. The van der Waals surface area contributed by atoms with Gasteiger partial charge in [-0.25, -0.2) is 18.4 Å². The Balaban J connectivity index is 2.20. The molecule has 0 radical (unpaired) electrons. The highest BCUT2D eigenvalue weighted by Crippen LogP contribution is 2.35. The summed E-state index contributed by atoms with van der Waals surface area (Å²) in [5, 5.41) is -0.451. The predicted molar refractivity (Wildman–Crippen MR) is 73.6 cm³/mol. The highest BCUT2D eigenvalue weighted by Gasteiger charge is 2.36. The number of hydrogen-bond donors (Lipinski definition) is 0. The van der Waals surface area contributed by atoms with E-state index in [2.05, 4.69) is 16.9 Å². The molecule has 19 heavy (non-hydrogen) atoms. The molecule has 0 bridgehead atoms. The number of aromatic nitrogens is 3. The third-order valence-electron chi connectivity index (χ3n) is 3.60. The lowest BCUT2D eigenvalue weighted by molar-refractivity contribution is 0.577. The molecular weight excluding hydrogens is 262 g/mol. The molecule has 3 rings (SSSR count). The standard InChI is InChI=1S/C13H17N3O2S/c1-2-8-16-12-10(5-3-7-14-12)15-13(16)11-6-4-9-19(11,17)18/h3,5,7,11H,2,4,6,8-9H2,1H3. The molecular formula is C13H17N3O2S. The normalized spacial score (nSPS) is 22.1. The van der Waals surface area contributed by atoms with Crippen molar-refractivity contribution in [2.24, 2.45) is 0 Å². The smallest absolute Gasteiger partial charge is 0.160 e. The van der Waals surface area contributed by atoms with Crippen LogP contribution in [0.5, 0.6) is 0 Å². The van der Waals surface area contributed by atoms with E-state index in [-0.39, 0.29) is 5.75 Å². The van der Waals surface area contributed by atoms with Gasteiger partial charge in [0.15, 0.2) is 15.5 Å². The summed E-state index contributed by atoms with van der Waals surface area (Å²) in [5.74, 6) is 0.952. The van der Waals surface area contributed by atoms with Crippen molar-refractivity contribution in [3.63, 3.8) is 0 Å². The van der Waals surface area contributed by atoms with Gasteiger partial charge in [-0.1, -0.05) is 6.92 Å². The van der Waals surface area contributed by atoms with E-state index in [1.807, 2.05) is 16.7 Å². The average Bonchev–Trinajstić information content (AvgIpc) is 2.90. The first-order valence-electron chi connectivity index (χ1n) is 6.66. The van der Waals surface area contributed by atoms with Crippen LogP contribution in [0.15, 0.2) is 18.3 Å². The van der Waals surface area contributed by atoms with Crippen molar-refractivity contribution in [2.45, 2.75) is 38.0 Å². The Hall–Kier alpha value is -1.43. The van der Waals surface area contributed by atoms with E-state index in [9.17, 15) is 8.42 Å². The van der Waals surface area contributed by atoms with Crippen molar-refractivity contribution in [1.29, 1.82) is 0 Å². The monoisotopic (exact) mass is 279 g/mol. The van der Waals surface area contributed by atoms with Crippen molar-refractivity contribution in [3.05, 3.63) is 24.2 Å². The first-order chi connectivity index (χ1) is 9.13. The van der Waals surface area contributed by atoms with Crippen LogP contribution in [0.1, 0.15) is 37.3 Å². The first kappa shape index (κ1) is 12.6. The van der Waals surface area contributed by atoms with Gasteiger partial charge in [0.25, 0.3) is 0 Å². The van der Waals surface area contributed by atoms with Crippen LogP contribution in [0.4, 0.5) is 0 Å². The van der Waals surface area contributed by atoms with Crippen LogP contribution in [0.25, 0.3) is 11.2 Å². The molecule has 6 heteroatoms. The maximum Gasteiger partial charge on any atom is 0.160 e. The number of fused-ring (bicyclic) bond motifs is 1. The van der Waals surface area contributed by atoms with Crippen LogP contribution >= 0.6 is 0 Å². The Labute approximate surface area is 112 Å². The number of imidazole rings is 1. The van der Waals surface area contributed by atoms with Gasteiger partial charge in [-0.15, -0.1) is 0 Å². The molecule has 3 heterocycles. The van der Waals surface area contributed by atoms with Crippen molar-refractivity contribution in [1.82, 2.24) is 14.5 Å². The van der Waals surface area contributed by atoms with Crippen LogP contribution in [0.2, 0.25) is 0 Å². The molecule has 1 fully saturated rings. The Kier molecular flexibility index (Phi) is 3.05. The second kappa shape index (κ2) is 4.59. The summed E-state index contributed by atoms with van der Waals surface area (Å²) in [6.45, 7) is 2.83. The minimum absolute atomic E-state index is 0.278. The van der Waals surface area contributed by atoms with E-state index in [0.29, 0.717) is 12.2 Å². The quantitative estimate of drug-likeness (QED) is 0.863. The summed E-state index contributed by atoms with van der Waals surface area (Å²) in [4.78, 5) is 8.88. The third kappa shape index (κ3) is 2.04. The van der Waals surface area contributed by atoms with E-state index in [1.54, 1.807) is 6.20 Å². The van der Waals surface area contributed by atoms with Crippen LogP contribution < -0.4 is 0 Å². The second-order valence-corrected chi connectivity index (χ2v) is 7.27. The van der Waals surface area contributed by atoms with Crippen molar-refractivity contribution < 1.29 is 8.42 Å². The van der Waals surface area contributed by atoms with Gasteiger partial charge >= 0.3 is 0 Å². The topological polar surface area (TPSA) is 64.8 Å². The summed E-state index contributed by atoms with van der Waals surface area (Å²) in [6, 6.07) is 3.72. The molecule has 1 saturated heterocycles. The fourth-order valence-electron chi connectivity index (χ4n) is 2.75. The molecule has 1 aliphatic rings. The van der Waals surface area contributed by atoms with E-state index in [1.165, 1.54) is 0 Å². The van der Waals surface area contributed by atoms with Gasteiger partial charge in [0.2, 0.25) is 0 Å². The zero-order chi connectivity index (χ0) is 13.5. The number of hydrogen-bond acceptors (Lipinski definition) is 4. The zero-order valence-corrected chi connectivity index (χ0v) is 11.7. The number of pyridine rings is 1. The first-order valence-corrected chi connectivity index (χ1v) is 8.37. The summed E-state index contributed by atoms with van der Waals surface area (Å²) in [5.41, 5.74) is 1.58. The maximum absolute atomic E-state index is 12.1. The summed E-state index contributed by atoms with van der Waals surface area (Å²) in [7, 11) is -3.04. The van der Waals surface area contributed by atoms with Gasteiger partial charge in [-0.2, -0.15) is 0 Å². The Morgan fingerprint density at radius 3 is 3.00 bits per heavy atom. The summed E-state index contributed by atoms with van der Waals surface area (Å²) >= 11 is 0. The van der Waals surface area contributed by atoms with Gasteiger partial charge < -0.3 is 4.57 Å². The highest BCUT2D eigenvalue weighted by atomic mass is 32.2.